The number of anilines is 1. The number of pyridine rings is 1. The minimum absolute atomic E-state index is 0.190. The van der Waals surface area contributed by atoms with E-state index in [1.807, 2.05) is 13.8 Å². The van der Waals surface area contributed by atoms with E-state index < -0.39 is 5.60 Å². The maximum absolute atomic E-state index is 10.3. The lowest BCUT2D eigenvalue weighted by Crippen LogP contribution is -2.43. The van der Waals surface area contributed by atoms with Crippen LogP contribution in [0, 0.1) is 18.3 Å². The van der Waals surface area contributed by atoms with E-state index in [-0.39, 0.29) is 6.10 Å². The number of aliphatic hydroxyl groups is 1. The molecule has 0 saturated carbocycles. The minimum Gasteiger partial charge on any atom is -0.385 e. The monoisotopic (exact) mass is 247 g/mol. The average Bonchev–Trinajstić information content (AvgIpc) is 2.67. The van der Waals surface area contributed by atoms with Crippen molar-refractivity contribution in [1.29, 1.82) is 5.26 Å². The first-order valence-electron chi connectivity index (χ1n) is 6.00. The highest BCUT2D eigenvalue weighted by atomic mass is 16.5. The minimum atomic E-state index is -0.863. The number of rotatable bonds is 3. The number of aromatic nitrogens is 1. The van der Waals surface area contributed by atoms with Crippen molar-refractivity contribution >= 4 is 5.82 Å². The topological polar surface area (TPSA) is 78.2 Å². The summed E-state index contributed by atoms with van der Waals surface area (Å²) in [6, 6.07) is 5.49. The molecule has 2 unspecified atom stereocenters. The summed E-state index contributed by atoms with van der Waals surface area (Å²) in [7, 11) is 0. The lowest BCUT2D eigenvalue weighted by Gasteiger charge is -2.26. The van der Waals surface area contributed by atoms with Crippen molar-refractivity contribution in [3.05, 3.63) is 23.4 Å². The molecule has 2 rings (SSSR count). The molecular formula is C13H17N3O2. The SMILES string of the molecule is Cc1cc(C#N)cc(NCC2(O)CCOC2C)n1. The normalized spacial score (nSPS) is 26.9. The van der Waals surface area contributed by atoms with Crippen LogP contribution in [0.1, 0.15) is 24.6 Å². The van der Waals surface area contributed by atoms with Crippen LogP contribution in [0.3, 0.4) is 0 Å². The molecule has 96 valence electrons. The van der Waals surface area contributed by atoms with Crippen molar-refractivity contribution in [3.8, 4) is 6.07 Å². The highest BCUT2D eigenvalue weighted by molar-refractivity contribution is 5.44. The molecule has 0 amide bonds. The van der Waals surface area contributed by atoms with E-state index in [0.717, 1.165) is 5.69 Å². The third kappa shape index (κ3) is 2.61. The van der Waals surface area contributed by atoms with Gasteiger partial charge in [0, 0.05) is 25.3 Å². The Morgan fingerprint density at radius 3 is 3.06 bits per heavy atom. The number of nitrogens with one attached hydrogen (secondary N) is 1. The van der Waals surface area contributed by atoms with Gasteiger partial charge in [-0.3, -0.25) is 0 Å². The summed E-state index contributed by atoms with van der Waals surface area (Å²) in [4.78, 5) is 4.28. The van der Waals surface area contributed by atoms with Crippen molar-refractivity contribution in [3.63, 3.8) is 0 Å². The molecule has 18 heavy (non-hydrogen) atoms. The van der Waals surface area contributed by atoms with Gasteiger partial charge in [0.05, 0.1) is 17.7 Å². The van der Waals surface area contributed by atoms with Crippen LogP contribution in [0.4, 0.5) is 5.82 Å². The summed E-state index contributed by atoms with van der Waals surface area (Å²) < 4.78 is 5.36. The number of aryl methyl sites for hydroxylation is 1. The van der Waals surface area contributed by atoms with Crippen LogP contribution in [0.5, 0.6) is 0 Å². The van der Waals surface area contributed by atoms with Gasteiger partial charge in [-0.1, -0.05) is 0 Å². The Labute approximate surface area is 106 Å². The number of nitrogens with zero attached hydrogens (tertiary/aromatic N) is 2. The molecule has 0 radical (unpaired) electrons. The quantitative estimate of drug-likeness (QED) is 0.839. The second-order valence-corrected chi connectivity index (χ2v) is 4.71. The lowest BCUT2D eigenvalue weighted by molar-refractivity contribution is -0.0176. The van der Waals surface area contributed by atoms with E-state index in [2.05, 4.69) is 16.4 Å². The number of nitriles is 1. The smallest absolute Gasteiger partial charge is 0.127 e. The molecule has 1 aliphatic heterocycles. The van der Waals surface area contributed by atoms with E-state index in [0.29, 0.717) is 31.0 Å². The van der Waals surface area contributed by atoms with Crippen molar-refractivity contribution in [2.24, 2.45) is 0 Å². The van der Waals surface area contributed by atoms with Gasteiger partial charge in [0.2, 0.25) is 0 Å². The van der Waals surface area contributed by atoms with E-state index in [1.165, 1.54) is 0 Å². The van der Waals surface area contributed by atoms with E-state index in [1.54, 1.807) is 12.1 Å². The molecule has 1 aromatic rings. The van der Waals surface area contributed by atoms with Gasteiger partial charge in [0.1, 0.15) is 11.4 Å². The zero-order chi connectivity index (χ0) is 13.2. The molecule has 1 aliphatic rings. The fourth-order valence-corrected chi connectivity index (χ4v) is 2.07. The molecular weight excluding hydrogens is 230 g/mol. The van der Waals surface area contributed by atoms with Gasteiger partial charge in [0.15, 0.2) is 0 Å². The maximum atomic E-state index is 10.3. The zero-order valence-electron chi connectivity index (χ0n) is 10.6. The molecule has 5 heteroatoms. The van der Waals surface area contributed by atoms with Crippen LogP contribution in [-0.4, -0.2) is 34.9 Å². The molecule has 2 N–H and O–H groups in total. The van der Waals surface area contributed by atoms with Crippen molar-refractivity contribution < 1.29 is 9.84 Å². The fraction of sp³-hybridized carbons (Fsp3) is 0.538. The maximum Gasteiger partial charge on any atom is 0.127 e. The Hall–Kier alpha value is -1.64. The Kier molecular flexibility index (Phi) is 3.50. The molecule has 5 nitrogen and oxygen atoms in total. The third-order valence-electron chi connectivity index (χ3n) is 3.32. The number of hydrogen-bond donors (Lipinski definition) is 2. The summed E-state index contributed by atoms with van der Waals surface area (Å²) >= 11 is 0. The fourth-order valence-electron chi connectivity index (χ4n) is 2.07. The summed E-state index contributed by atoms with van der Waals surface area (Å²) in [6.45, 7) is 4.64. The van der Waals surface area contributed by atoms with Crippen LogP contribution in [0.15, 0.2) is 12.1 Å². The Bertz CT molecular complexity index is 484. The van der Waals surface area contributed by atoms with E-state index in [9.17, 15) is 5.11 Å². The van der Waals surface area contributed by atoms with Gasteiger partial charge in [-0.05, 0) is 26.0 Å². The molecule has 0 spiro atoms. The molecule has 0 bridgehead atoms. The predicted molar refractivity (Wildman–Crippen MR) is 67.2 cm³/mol. The third-order valence-corrected chi connectivity index (χ3v) is 3.32. The standard InChI is InChI=1S/C13H17N3O2/c1-9-5-11(7-14)6-12(16-9)15-8-13(17)3-4-18-10(13)2/h5-6,10,17H,3-4,8H2,1-2H3,(H,15,16). The van der Waals surface area contributed by atoms with Crippen molar-refractivity contribution in [2.75, 3.05) is 18.5 Å². The number of hydrogen-bond acceptors (Lipinski definition) is 5. The summed E-state index contributed by atoms with van der Waals surface area (Å²) in [5.41, 5.74) is 0.477. The molecule has 2 atom stereocenters. The van der Waals surface area contributed by atoms with Gasteiger partial charge in [-0.2, -0.15) is 5.26 Å². The van der Waals surface area contributed by atoms with Gasteiger partial charge in [-0.15, -0.1) is 0 Å². The van der Waals surface area contributed by atoms with Crippen LogP contribution in [-0.2, 0) is 4.74 Å². The molecule has 0 aliphatic carbocycles. The summed E-state index contributed by atoms with van der Waals surface area (Å²) in [6.07, 6.45) is 0.420. The first-order valence-corrected chi connectivity index (χ1v) is 6.00. The first kappa shape index (κ1) is 12.8. The van der Waals surface area contributed by atoms with Crippen LogP contribution in [0.2, 0.25) is 0 Å². The average molecular weight is 247 g/mol. The largest absolute Gasteiger partial charge is 0.385 e. The molecule has 2 heterocycles. The highest BCUT2D eigenvalue weighted by Gasteiger charge is 2.39. The second kappa shape index (κ2) is 4.92. The first-order chi connectivity index (χ1) is 8.53. The van der Waals surface area contributed by atoms with Gasteiger partial charge < -0.3 is 15.2 Å². The molecule has 0 aromatic carbocycles. The Morgan fingerprint density at radius 1 is 1.67 bits per heavy atom. The van der Waals surface area contributed by atoms with Gasteiger partial charge in [-0.25, -0.2) is 4.98 Å². The summed E-state index contributed by atoms with van der Waals surface area (Å²) in [5.74, 6) is 0.610. The van der Waals surface area contributed by atoms with Crippen molar-refractivity contribution in [1.82, 2.24) is 4.98 Å². The van der Waals surface area contributed by atoms with Crippen LogP contribution in [0.25, 0.3) is 0 Å². The zero-order valence-corrected chi connectivity index (χ0v) is 10.6. The summed E-state index contributed by atoms with van der Waals surface area (Å²) in [5, 5.41) is 22.3. The Morgan fingerprint density at radius 2 is 2.44 bits per heavy atom. The van der Waals surface area contributed by atoms with E-state index in [4.69, 9.17) is 10.00 Å². The van der Waals surface area contributed by atoms with Crippen molar-refractivity contribution in [2.45, 2.75) is 32.0 Å². The van der Waals surface area contributed by atoms with Gasteiger partial charge in [0.25, 0.3) is 0 Å². The molecule has 1 saturated heterocycles. The van der Waals surface area contributed by atoms with Crippen LogP contribution < -0.4 is 5.32 Å². The number of ether oxygens (including phenoxy) is 1. The second-order valence-electron chi connectivity index (χ2n) is 4.71. The lowest BCUT2D eigenvalue weighted by atomic mass is 9.97. The van der Waals surface area contributed by atoms with Gasteiger partial charge >= 0.3 is 0 Å². The highest BCUT2D eigenvalue weighted by Crippen LogP contribution is 2.25. The molecule has 1 fully saturated rings. The van der Waals surface area contributed by atoms with Crippen LogP contribution >= 0.6 is 0 Å². The Balaban J connectivity index is 2.06. The van der Waals surface area contributed by atoms with E-state index >= 15 is 0 Å². The predicted octanol–water partition coefficient (Wildman–Crippen LogP) is 1.21. The molecule has 1 aromatic heterocycles.